The molecule has 3 N–H and O–H groups in total. The molecule has 0 fully saturated rings. The van der Waals surface area contributed by atoms with Crippen molar-refractivity contribution in [1.29, 1.82) is 0 Å². The van der Waals surface area contributed by atoms with Crippen LogP contribution in [0.3, 0.4) is 0 Å². The molecule has 101 heavy (non-hydrogen) atoms. The minimum atomic E-state index is -4.96. The van der Waals surface area contributed by atoms with Crippen molar-refractivity contribution in [2.24, 2.45) is 0 Å². The van der Waals surface area contributed by atoms with Crippen molar-refractivity contribution in [1.82, 2.24) is 0 Å². The van der Waals surface area contributed by atoms with Crippen LogP contribution in [-0.2, 0) is 65.4 Å². The van der Waals surface area contributed by atoms with E-state index in [9.17, 15) is 43.2 Å². The third-order valence-corrected chi connectivity index (χ3v) is 21.3. The molecule has 5 atom stereocenters. The number of aliphatic hydroxyl groups excluding tert-OH is 1. The zero-order chi connectivity index (χ0) is 73.9. The molecular formula is C82H160O17P2. The lowest BCUT2D eigenvalue weighted by atomic mass is 10.0. The highest BCUT2D eigenvalue weighted by Crippen LogP contribution is 2.45. The first-order valence-corrected chi connectivity index (χ1v) is 45.8. The number of phosphoric ester groups is 2. The van der Waals surface area contributed by atoms with Gasteiger partial charge in [-0.25, -0.2) is 9.13 Å². The van der Waals surface area contributed by atoms with E-state index in [2.05, 4.69) is 27.7 Å². The molecule has 0 aliphatic heterocycles. The molecule has 17 nitrogen and oxygen atoms in total. The van der Waals surface area contributed by atoms with Gasteiger partial charge >= 0.3 is 39.5 Å². The van der Waals surface area contributed by atoms with Crippen LogP contribution in [-0.4, -0.2) is 96.7 Å². The molecule has 19 heteroatoms. The normalized spacial score (nSPS) is 13.8. The fourth-order valence-electron chi connectivity index (χ4n) is 12.8. The monoisotopic (exact) mass is 1480 g/mol. The summed E-state index contributed by atoms with van der Waals surface area (Å²) in [6.07, 6.45) is 69.5. The first kappa shape index (κ1) is 99.1. The van der Waals surface area contributed by atoms with Crippen LogP contribution >= 0.6 is 15.6 Å². The first-order chi connectivity index (χ1) is 49.2. The van der Waals surface area contributed by atoms with E-state index in [-0.39, 0.29) is 25.7 Å². The maximum absolute atomic E-state index is 13.1. The molecule has 0 radical (unpaired) electrons. The van der Waals surface area contributed by atoms with E-state index in [1.807, 2.05) is 0 Å². The zero-order valence-corrected chi connectivity index (χ0v) is 67.7. The second-order valence-electron chi connectivity index (χ2n) is 29.5. The van der Waals surface area contributed by atoms with E-state index in [0.29, 0.717) is 25.7 Å². The molecule has 0 saturated carbocycles. The molecule has 0 saturated heterocycles. The van der Waals surface area contributed by atoms with Crippen molar-refractivity contribution in [3.63, 3.8) is 0 Å². The van der Waals surface area contributed by atoms with Crippen molar-refractivity contribution in [2.45, 2.75) is 463 Å². The highest BCUT2D eigenvalue weighted by atomic mass is 31.2. The third-order valence-electron chi connectivity index (χ3n) is 19.4. The number of esters is 4. The number of carbonyl (C=O) groups excluding carboxylic acids is 4. The van der Waals surface area contributed by atoms with Gasteiger partial charge in [0.25, 0.3) is 0 Å². The molecular weight excluding hydrogens is 1320 g/mol. The van der Waals surface area contributed by atoms with E-state index in [1.54, 1.807) is 0 Å². The van der Waals surface area contributed by atoms with Gasteiger partial charge in [-0.1, -0.05) is 394 Å². The predicted molar refractivity (Wildman–Crippen MR) is 414 cm³/mol. The van der Waals surface area contributed by atoms with E-state index in [0.717, 1.165) is 89.9 Å². The molecule has 0 rings (SSSR count). The van der Waals surface area contributed by atoms with Gasteiger partial charge in [0.2, 0.25) is 0 Å². The summed E-state index contributed by atoms with van der Waals surface area (Å²) >= 11 is 0. The van der Waals surface area contributed by atoms with Crippen molar-refractivity contribution in [3.05, 3.63) is 0 Å². The zero-order valence-electron chi connectivity index (χ0n) is 65.9. The summed E-state index contributed by atoms with van der Waals surface area (Å²) in [7, 11) is -9.91. The van der Waals surface area contributed by atoms with E-state index in [1.165, 1.54) is 276 Å². The molecule has 0 heterocycles. The summed E-state index contributed by atoms with van der Waals surface area (Å²) in [5, 5.41) is 10.6. The van der Waals surface area contributed by atoms with Crippen LogP contribution in [0.25, 0.3) is 0 Å². The average molecular weight is 1480 g/mol. The summed E-state index contributed by atoms with van der Waals surface area (Å²) in [6.45, 7) is 5.01. The Morgan fingerprint density at radius 2 is 0.396 bits per heavy atom. The molecule has 0 bridgehead atoms. The maximum atomic E-state index is 13.1. The van der Waals surface area contributed by atoms with Crippen LogP contribution in [0.4, 0.5) is 0 Å². The standard InChI is InChI=1S/C82H160O17P2/c1-5-9-13-17-21-25-28-31-33-35-37-39-41-43-45-48-51-55-59-63-67-80(85)93-73-78(99-82(87)69-65-61-57-53-49-46-44-42-40-38-36-34-32-29-26-22-18-14-10-6-2)75-97-101(90,91)95-71-76(83)70-94-100(88,89)96-74-77(72-92-79(84)66-62-58-54-50-24-20-16-12-8-4)98-81(86)68-64-60-56-52-47-30-27-23-19-15-11-7-3/h76-78,83H,5-75H2,1-4H3,(H,88,89)(H,90,91)/t76-,77+,78+/m0/s1. The number of aliphatic hydroxyl groups is 1. The fraction of sp³-hybridized carbons (Fsp3) is 0.951. The van der Waals surface area contributed by atoms with Gasteiger partial charge < -0.3 is 33.8 Å². The van der Waals surface area contributed by atoms with Gasteiger partial charge in [0.1, 0.15) is 19.3 Å². The Balaban J connectivity index is 5.19. The molecule has 0 spiro atoms. The number of hydrogen-bond donors (Lipinski definition) is 3. The minimum absolute atomic E-state index is 0.108. The van der Waals surface area contributed by atoms with Gasteiger partial charge in [0.15, 0.2) is 12.2 Å². The van der Waals surface area contributed by atoms with Crippen molar-refractivity contribution >= 4 is 39.5 Å². The summed E-state index contributed by atoms with van der Waals surface area (Å²) < 4.78 is 68.7. The summed E-state index contributed by atoms with van der Waals surface area (Å²) in [5.74, 6) is -2.11. The SMILES string of the molecule is CCCCCCCCCCCCCCCCCCCCCCC(=O)OC[C@H](COP(=O)(O)OC[C@@H](O)COP(=O)(O)OC[C@@H](COC(=O)CCCCCCCCCCC)OC(=O)CCCCCCCCCCCCCC)OC(=O)CCCCCCCCCCCCCCCCCCCCCC. The van der Waals surface area contributed by atoms with Crippen LogP contribution in [0.2, 0.25) is 0 Å². The first-order valence-electron chi connectivity index (χ1n) is 42.8. The number of phosphoric acid groups is 2. The van der Waals surface area contributed by atoms with Gasteiger partial charge in [-0.3, -0.25) is 37.3 Å². The van der Waals surface area contributed by atoms with Crippen LogP contribution in [0.15, 0.2) is 0 Å². The Labute approximate surface area is 619 Å². The summed E-state index contributed by atoms with van der Waals surface area (Å²) in [4.78, 5) is 73.0. The van der Waals surface area contributed by atoms with Crippen LogP contribution in [0, 0.1) is 0 Å². The summed E-state index contributed by atoms with van der Waals surface area (Å²) in [6, 6.07) is 0. The molecule has 0 aromatic carbocycles. The van der Waals surface area contributed by atoms with Crippen molar-refractivity contribution < 1.29 is 80.2 Å². The molecule has 0 aromatic rings. The van der Waals surface area contributed by atoms with E-state index < -0.39 is 97.5 Å². The Kier molecular flexibility index (Phi) is 74.8. The number of unbranched alkanes of at least 4 members (excludes halogenated alkanes) is 57. The Hall–Kier alpha value is -1.94. The van der Waals surface area contributed by atoms with E-state index >= 15 is 0 Å². The van der Waals surface area contributed by atoms with Gasteiger partial charge in [0, 0.05) is 25.7 Å². The van der Waals surface area contributed by atoms with E-state index in [4.69, 9.17) is 37.0 Å². The molecule has 0 amide bonds. The number of carbonyl (C=O) groups is 4. The minimum Gasteiger partial charge on any atom is -0.462 e. The van der Waals surface area contributed by atoms with Crippen LogP contribution < -0.4 is 0 Å². The predicted octanol–water partition coefficient (Wildman–Crippen LogP) is 25.0. The Morgan fingerprint density at radius 1 is 0.238 bits per heavy atom. The largest absolute Gasteiger partial charge is 0.472 e. The molecule has 0 aliphatic rings. The number of rotatable bonds is 83. The topological polar surface area (TPSA) is 237 Å². The Bertz CT molecular complexity index is 1910. The van der Waals surface area contributed by atoms with Gasteiger partial charge in [-0.15, -0.1) is 0 Å². The smallest absolute Gasteiger partial charge is 0.462 e. The van der Waals surface area contributed by atoms with Crippen LogP contribution in [0.5, 0.6) is 0 Å². The van der Waals surface area contributed by atoms with Gasteiger partial charge in [0.05, 0.1) is 26.4 Å². The molecule has 0 aliphatic carbocycles. The second-order valence-corrected chi connectivity index (χ2v) is 32.4. The van der Waals surface area contributed by atoms with Crippen molar-refractivity contribution in [2.75, 3.05) is 39.6 Å². The van der Waals surface area contributed by atoms with Gasteiger partial charge in [-0.05, 0) is 25.7 Å². The third kappa shape index (κ3) is 76.1. The Morgan fingerprint density at radius 3 is 0.584 bits per heavy atom. The molecule has 0 aromatic heterocycles. The summed E-state index contributed by atoms with van der Waals surface area (Å²) in [5.41, 5.74) is 0. The fourth-order valence-corrected chi connectivity index (χ4v) is 14.4. The highest BCUT2D eigenvalue weighted by molar-refractivity contribution is 7.47. The van der Waals surface area contributed by atoms with Gasteiger partial charge in [-0.2, -0.15) is 0 Å². The van der Waals surface area contributed by atoms with Crippen molar-refractivity contribution in [3.8, 4) is 0 Å². The quantitative estimate of drug-likeness (QED) is 0.0222. The lowest BCUT2D eigenvalue weighted by Crippen LogP contribution is -2.30. The van der Waals surface area contributed by atoms with Crippen LogP contribution in [0.1, 0.15) is 445 Å². The lowest BCUT2D eigenvalue weighted by molar-refractivity contribution is -0.161. The average Bonchev–Trinajstić information content (AvgIpc) is 1.12. The molecule has 600 valence electrons. The molecule has 2 unspecified atom stereocenters. The highest BCUT2D eigenvalue weighted by Gasteiger charge is 2.30. The lowest BCUT2D eigenvalue weighted by Gasteiger charge is -2.21. The number of hydrogen-bond acceptors (Lipinski definition) is 15. The number of ether oxygens (including phenoxy) is 4. The second kappa shape index (κ2) is 76.3. The maximum Gasteiger partial charge on any atom is 0.472 e.